The van der Waals surface area contributed by atoms with E-state index in [1.165, 1.54) is 29.8 Å². The monoisotopic (exact) mass is 447 g/mol. The molecule has 1 unspecified atom stereocenters. The first-order valence-electron chi connectivity index (χ1n) is 12.0. The van der Waals surface area contributed by atoms with Gasteiger partial charge in [-0.2, -0.15) is 0 Å². The lowest BCUT2D eigenvalue weighted by Crippen LogP contribution is -2.09. The van der Waals surface area contributed by atoms with E-state index in [1.54, 1.807) is 19.2 Å². The average Bonchev–Trinajstić information content (AvgIpc) is 3.55. The van der Waals surface area contributed by atoms with E-state index in [0.29, 0.717) is 12.5 Å². The Morgan fingerprint density at radius 3 is 2.76 bits per heavy atom. The standard InChI is InChI=1S/C27H33N3O3/c1-17-11-21-23(12-17)30-24-15-26(33-10-4-9-28-19-5-3-6-20(31)13-19)25(32-2)14-22(24)27(21)29-16-18-7-8-18/h3,5-6,13-15,17-18,28,31H,4,7-12,16H2,1-2H3,(H,29,30). The van der Waals surface area contributed by atoms with Crippen LogP contribution in [0.25, 0.3) is 10.9 Å². The van der Waals surface area contributed by atoms with E-state index in [2.05, 4.69) is 23.6 Å². The largest absolute Gasteiger partial charge is 0.508 e. The van der Waals surface area contributed by atoms with Gasteiger partial charge in [0.2, 0.25) is 0 Å². The normalized spacial score (nSPS) is 17.1. The number of nitrogens with zero attached hydrogens (tertiary/aromatic N) is 1. The van der Waals surface area contributed by atoms with Gasteiger partial charge in [-0.3, -0.25) is 4.98 Å². The van der Waals surface area contributed by atoms with Crippen molar-refractivity contribution < 1.29 is 14.6 Å². The van der Waals surface area contributed by atoms with Gasteiger partial charge in [0.05, 0.1) is 19.2 Å². The summed E-state index contributed by atoms with van der Waals surface area (Å²) in [5.41, 5.74) is 5.71. The SMILES string of the molecule is COc1cc2c(NCC3CC3)c3c(nc2cc1OCCCNc1cccc(O)c1)CC(C)C3. The summed E-state index contributed by atoms with van der Waals surface area (Å²) in [5, 5.41) is 17.8. The predicted octanol–water partition coefficient (Wildman–Crippen LogP) is 5.39. The lowest BCUT2D eigenvalue weighted by molar-refractivity contribution is 0.293. The quantitative estimate of drug-likeness (QED) is 0.362. The van der Waals surface area contributed by atoms with Crippen LogP contribution in [0.3, 0.4) is 0 Å². The highest BCUT2D eigenvalue weighted by molar-refractivity contribution is 5.96. The van der Waals surface area contributed by atoms with Crippen LogP contribution >= 0.6 is 0 Å². The van der Waals surface area contributed by atoms with Crippen molar-refractivity contribution in [1.29, 1.82) is 0 Å². The summed E-state index contributed by atoms with van der Waals surface area (Å²) in [4.78, 5) is 5.03. The topological polar surface area (TPSA) is 75.6 Å². The number of fused-ring (bicyclic) bond motifs is 2. The summed E-state index contributed by atoms with van der Waals surface area (Å²) >= 11 is 0. The second-order valence-electron chi connectivity index (χ2n) is 9.45. The van der Waals surface area contributed by atoms with Gasteiger partial charge >= 0.3 is 0 Å². The molecule has 1 atom stereocenters. The van der Waals surface area contributed by atoms with Gasteiger partial charge < -0.3 is 25.2 Å². The maximum Gasteiger partial charge on any atom is 0.163 e. The van der Waals surface area contributed by atoms with Crippen LogP contribution < -0.4 is 20.1 Å². The molecule has 3 N–H and O–H groups in total. The van der Waals surface area contributed by atoms with E-state index in [-0.39, 0.29) is 5.75 Å². The Labute approximate surface area is 195 Å². The molecule has 0 aliphatic heterocycles. The van der Waals surface area contributed by atoms with Crippen molar-refractivity contribution >= 4 is 22.3 Å². The first-order chi connectivity index (χ1) is 16.1. The van der Waals surface area contributed by atoms with E-state index in [9.17, 15) is 5.11 Å². The molecule has 6 heteroatoms. The smallest absolute Gasteiger partial charge is 0.163 e. The van der Waals surface area contributed by atoms with Gasteiger partial charge in [-0.05, 0) is 67.7 Å². The Morgan fingerprint density at radius 2 is 1.97 bits per heavy atom. The van der Waals surface area contributed by atoms with Crippen LogP contribution in [0.1, 0.15) is 37.4 Å². The number of rotatable bonds is 10. The van der Waals surface area contributed by atoms with Crippen molar-refractivity contribution in [3.8, 4) is 17.2 Å². The molecule has 1 heterocycles. The molecule has 0 spiro atoms. The van der Waals surface area contributed by atoms with E-state index < -0.39 is 0 Å². The summed E-state index contributed by atoms with van der Waals surface area (Å²) in [6.07, 6.45) is 5.59. The molecule has 0 saturated heterocycles. The molecule has 6 nitrogen and oxygen atoms in total. The van der Waals surface area contributed by atoms with Crippen LogP contribution in [-0.4, -0.2) is 36.9 Å². The van der Waals surface area contributed by atoms with Crippen molar-refractivity contribution in [3.63, 3.8) is 0 Å². The number of aromatic hydroxyl groups is 1. The fourth-order valence-corrected chi connectivity index (χ4v) is 4.65. The summed E-state index contributed by atoms with van der Waals surface area (Å²) in [5.74, 6) is 3.17. The molecule has 5 rings (SSSR count). The third-order valence-corrected chi connectivity index (χ3v) is 6.57. The maximum absolute atomic E-state index is 9.58. The van der Waals surface area contributed by atoms with Crippen molar-refractivity contribution in [3.05, 3.63) is 47.7 Å². The average molecular weight is 448 g/mol. The summed E-state index contributed by atoms with van der Waals surface area (Å²) in [6.45, 7) is 4.64. The molecule has 3 aromatic rings. The van der Waals surface area contributed by atoms with Crippen LogP contribution in [0.5, 0.6) is 17.2 Å². The molecule has 2 aromatic carbocycles. The van der Waals surface area contributed by atoms with Crippen LogP contribution in [0.15, 0.2) is 36.4 Å². The highest BCUT2D eigenvalue weighted by atomic mass is 16.5. The first kappa shape index (κ1) is 21.7. The van der Waals surface area contributed by atoms with Gasteiger partial charge in [0.1, 0.15) is 5.75 Å². The minimum Gasteiger partial charge on any atom is -0.508 e. The van der Waals surface area contributed by atoms with Crippen molar-refractivity contribution in [2.75, 3.05) is 37.4 Å². The maximum atomic E-state index is 9.58. The predicted molar refractivity (Wildman–Crippen MR) is 133 cm³/mol. The zero-order valence-electron chi connectivity index (χ0n) is 19.5. The van der Waals surface area contributed by atoms with E-state index in [1.807, 2.05) is 18.2 Å². The number of hydrogen-bond acceptors (Lipinski definition) is 6. The first-order valence-corrected chi connectivity index (χ1v) is 12.0. The van der Waals surface area contributed by atoms with Crippen LogP contribution in [0, 0.1) is 11.8 Å². The summed E-state index contributed by atoms with van der Waals surface area (Å²) in [7, 11) is 1.69. The Hall–Kier alpha value is -3.15. The molecule has 0 amide bonds. The Morgan fingerprint density at radius 1 is 1.09 bits per heavy atom. The molecule has 1 saturated carbocycles. The molecule has 0 radical (unpaired) electrons. The Balaban J connectivity index is 1.32. The van der Waals surface area contributed by atoms with Gasteiger partial charge in [0, 0.05) is 47.7 Å². The Kier molecular flexibility index (Phi) is 6.16. The molecule has 0 bridgehead atoms. The highest BCUT2D eigenvalue weighted by Crippen LogP contribution is 2.41. The second kappa shape index (κ2) is 9.38. The molecule has 2 aliphatic carbocycles. The van der Waals surface area contributed by atoms with Gasteiger partial charge in [-0.1, -0.05) is 13.0 Å². The van der Waals surface area contributed by atoms with Crippen molar-refractivity contribution in [2.24, 2.45) is 11.8 Å². The number of ether oxygens (including phenoxy) is 2. The third-order valence-electron chi connectivity index (χ3n) is 6.57. The lowest BCUT2D eigenvalue weighted by atomic mass is 10.0. The number of benzene rings is 2. The van der Waals surface area contributed by atoms with E-state index in [4.69, 9.17) is 14.5 Å². The number of phenolic OH excluding ortho intramolecular Hbond substituents is 1. The van der Waals surface area contributed by atoms with Crippen LogP contribution in [0.4, 0.5) is 11.4 Å². The number of hydrogen-bond donors (Lipinski definition) is 3. The Bertz CT molecular complexity index is 1140. The summed E-state index contributed by atoms with van der Waals surface area (Å²) < 4.78 is 11.8. The molecule has 33 heavy (non-hydrogen) atoms. The number of methoxy groups -OCH3 is 1. The van der Waals surface area contributed by atoms with Crippen LogP contribution in [0.2, 0.25) is 0 Å². The number of phenols is 1. The van der Waals surface area contributed by atoms with Gasteiger partial charge in [0.15, 0.2) is 11.5 Å². The number of nitrogens with one attached hydrogen (secondary N) is 2. The van der Waals surface area contributed by atoms with E-state index in [0.717, 1.165) is 66.4 Å². The minimum absolute atomic E-state index is 0.261. The van der Waals surface area contributed by atoms with Crippen molar-refractivity contribution in [1.82, 2.24) is 4.98 Å². The van der Waals surface area contributed by atoms with Gasteiger partial charge in [0.25, 0.3) is 0 Å². The highest BCUT2D eigenvalue weighted by Gasteiger charge is 2.27. The second-order valence-corrected chi connectivity index (χ2v) is 9.45. The molecule has 1 aromatic heterocycles. The third kappa shape index (κ3) is 4.95. The van der Waals surface area contributed by atoms with Crippen LogP contribution in [-0.2, 0) is 12.8 Å². The fourth-order valence-electron chi connectivity index (χ4n) is 4.65. The van der Waals surface area contributed by atoms with Crippen molar-refractivity contribution in [2.45, 2.75) is 39.0 Å². The zero-order valence-corrected chi connectivity index (χ0v) is 19.5. The molecule has 174 valence electrons. The zero-order chi connectivity index (χ0) is 22.8. The molecule has 2 aliphatic rings. The number of pyridine rings is 1. The minimum atomic E-state index is 0.261. The van der Waals surface area contributed by atoms with Gasteiger partial charge in [-0.15, -0.1) is 0 Å². The van der Waals surface area contributed by atoms with E-state index >= 15 is 0 Å². The summed E-state index contributed by atoms with van der Waals surface area (Å²) in [6, 6.07) is 11.3. The fraction of sp³-hybridized carbons (Fsp3) is 0.444. The van der Waals surface area contributed by atoms with Gasteiger partial charge in [-0.25, -0.2) is 0 Å². The number of anilines is 2. The number of aromatic nitrogens is 1. The molecule has 1 fully saturated rings. The molecular formula is C27H33N3O3. The molecular weight excluding hydrogens is 414 g/mol. The lowest BCUT2D eigenvalue weighted by Gasteiger charge is -2.17.